The maximum atomic E-state index is 12.3. The van der Waals surface area contributed by atoms with Gasteiger partial charge in [-0.2, -0.15) is 5.10 Å². The van der Waals surface area contributed by atoms with Gasteiger partial charge in [-0.05, 0) is 53.8 Å². The Morgan fingerprint density at radius 1 is 1.07 bits per heavy atom. The number of carbonyl (C=O) groups is 1. The Hall–Kier alpha value is -3.08. The first-order valence-electron chi connectivity index (χ1n) is 9.21. The fourth-order valence-electron chi connectivity index (χ4n) is 2.66. The van der Waals surface area contributed by atoms with Crippen molar-refractivity contribution in [1.29, 1.82) is 0 Å². The molecule has 5 nitrogen and oxygen atoms in total. The third-order valence-electron chi connectivity index (χ3n) is 4.40. The Bertz CT molecular complexity index is 881. The molecule has 0 bridgehead atoms. The second-order valence-corrected chi connectivity index (χ2v) is 6.74. The molecule has 0 aliphatic carbocycles. The van der Waals surface area contributed by atoms with Crippen molar-refractivity contribution in [3.8, 4) is 5.75 Å². The third-order valence-corrected chi connectivity index (χ3v) is 4.40. The maximum absolute atomic E-state index is 12.3. The molecule has 0 saturated carbocycles. The first kappa shape index (κ1) is 18.7. The quantitative estimate of drug-likeness (QED) is 0.652. The van der Waals surface area contributed by atoms with E-state index in [0.717, 1.165) is 17.9 Å². The zero-order valence-electron chi connectivity index (χ0n) is 16.0. The van der Waals surface area contributed by atoms with Crippen LogP contribution in [0, 0.1) is 0 Å². The summed E-state index contributed by atoms with van der Waals surface area (Å²) in [6.07, 6.45) is 2.70. The minimum absolute atomic E-state index is 0.237. The van der Waals surface area contributed by atoms with Gasteiger partial charge in [0, 0.05) is 11.9 Å². The van der Waals surface area contributed by atoms with Crippen LogP contribution in [-0.2, 0) is 13.2 Å². The molecule has 0 spiro atoms. The maximum Gasteiger partial charge on any atom is 0.276 e. The van der Waals surface area contributed by atoms with Crippen LogP contribution in [0.2, 0.25) is 0 Å². The van der Waals surface area contributed by atoms with E-state index < -0.39 is 0 Å². The van der Waals surface area contributed by atoms with Gasteiger partial charge in [-0.3, -0.25) is 4.79 Å². The van der Waals surface area contributed by atoms with Gasteiger partial charge in [-0.15, -0.1) is 0 Å². The molecule has 0 atom stereocenters. The molecule has 1 heterocycles. The van der Waals surface area contributed by atoms with Crippen LogP contribution in [0.1, 0.15) is 48.3 Å². The average Bonchev–Trinajstić information content (AvgIpc) is 3.16. The van der Waals surface area contributed by atoms with E-state index in [1.54, 1.807) is 16.9 Å². The Morgan fingerprint density at radius 2 is 1.78 bits per heavy atom. The van der Waals surface area contributed by atoms with E-state index in [9.17, 15) is 4.79 Å². The lowest BCUT2D eigenvalue weighted by atomic mass is 10.0. The number of aromatic nitrogens is 2. The Morgan fingerprint density at radius 3 is 2.41 bits per heavy atom. The van der Waals surface area contributed by atoms with Crippen molar-refractivity contribution >= 4 is 11.6 Å². The van der Waals surface area contributed by atoms with Crippen LogP contribution in [0.15, 0.2) is 60.8 Å². The van der Waals surface area contributed by atoms with Gasteiger partial charge in [-0.1, -0.05) is 45.0 Å². The number of hydrogen-bond acceptors (Lipinski definition) is 3. The van der Waals surface area contributed by atoms with Gasteiger partial charge in [0.05, 0.1) is 0 Å². The molecule has 1 amide bonds. The summed E-state index contributed by atoms with van der Waals surface area (Å²) in [4.78, 5) is 12.3. The number of ether oxygens (including phenoxy) is 1. The highest BCUT2D eigenvalue weighted by molar-refractivity contribution is 6.02. The Balaban J connectivity index is 1.56. The fourth-order valence-corrected chi connectivity index (χ4v) is 2.66. The summed E-state index contributed by atoms with van der Waals surface area (Å²) >= 11 is 0. The van der Waals surface area contributed by atoms with Gasteiger partial charge in [0.1, 0.15) is 5.75 Å². The molecule has 0 unspecified atom stereocenters. The lowest BCUT2D eigenvalue weighted by Crippen LogP contribution is -2.14. The molecule has 1 aromatic heterocycles. The summed E-state index contributed by atoms with van der Waals surface area (Å²) in [6.45, 7) is 6.66. The second kappa shape index (κ2) is 8.54. The molecule has 27 heavy (non-hydrogen) atoms. The van der Waals surface area contributed by atoms with E-state index in [1.165, 1.54) is 11.1 Å². The SMILES string of the molecule is CCc1ccc(NC(=O)c2ccn(COc3ccc(C(C)C)cc3)n2)cc1. The molecule has 0 aliphatic heterocycles. The number of nitrogens with one attached hydrogen (secondary N) is 1. The van der Waals surface area contributed by atoms with Gasteiger partial charge in [-0.25, -0.2) is 4.68 Å². The van der Waals surface area contributed by atoms with Crippen LogP contribution in [0.25, 0.3) is 0 Å². The van der Waals surface area contributed by atoms with E-state index in [1.807, 2.05) is 36.4 Å². The van der Waals surface area contributed by atoms with Crippen LogP contribution < -0.4 is 10.1 Å². The van der Waals surface area contributed by atoms with Crippen LogP contribution >= 0.6 is 0 Å². The van der Waals surface area contributed by atoms with E-state index in [-0.39, 0.29) is 12.6 Å². The molecule has 2 aromatic carbocycles. The van der Waals surface area contributed by atoms with Crippen molar-refractivity contribution in [2.75, 3.05) is 5.32 Å². The normalized spacial score (nSPS) is 10.8. The highest BCUT2D eigenvalue weighted by Crippen LogP contribution is 2.19. The Labute approximate surface area is 160 Å². The number of aryl methyl sites for hydroxylation is 1. The van der Waals surface area contributed by atoms with Gasteiger partial charge < -0.3 is 10.1 Å². The summed E-state index contributed by atoms with van der Waals surface area (Å²) in [7, 11) is 0. The molecular weight excluding hydrogens is 338 g/mol. The van der Waals surface area contributed by atoms with Crippen molar-refractivity contribution in [3.05, 3.63) is 77.6 Å². The molecule has 1 N–H and O–H groups in total. The molecule has 140 valence electrons. The lowest BCUT2D eigenvalue weighted by Gasteiger charge is -2.09. The molecule has 0 aliphatic rings. The number of carbonyl (C=O) groups excluding carboxylic acids is 1. The van der Waals surface area contributed by atoms with Crippen molar-refractivity contribution in [2.24, 2.45) is 0 Å². The summed E-state index contributed by atoms with van der Waals surface area (Å²) in [5.74, 6) is 1.03. The number of nitrogens with zero attached hydrogens (tertiary/aromatic N) is 2. The molecule has 3 rings (SSSR count). The predicted molar refractivity (Wildman–Crippen MR) is 107 cm³/mol. The zero-order valence-corrected chi connectivity index (χ0v) is 16.0. The third kappa shape index (κ3) is 4.97. The van der Waals surface area contributed by atoms with Crippen molar-refractivity contribution < 1.29 is 9.53 Å². The number of anilines is 1. The summed E-state index contributed by atoms with van der Waals surface area (Å²) in [5, 5.41) is 7.14. The first-order valence-corrected chi connectivity index (χ1v) is 9.21. The number of hydrogen-bond donors (Lipinski definition) is 1. The minimum atomic E-state index is -0.237. The number of amides is 1. The standard InChI is InChI=1S/C22H25N3O2/c1-4-17-5-9-19(10-6-17)23-22(26)21-13-14-25(24-21)15-27-20-11-7-18(8-12-20)16(2)3/h5-14,16H,4,15H2,1-3H3,(H,23,26). The monoisotopic (exact) mass is 363 g/mol. The van der Waals surface area contributed by atoms with E-state index in [2.05, 4.69) is 43.3 Å². The van der Waals surface area contributed by atoms with Gasteiger partial charge >= 0.3 is 0 Å². The second-order valence-electron chi connectivity index (χ2n) is 6.74. The van der Waals surface area contributed by atoms with Crippen molar-refractivity contribution in [3.63, 3.8) is 0 Å². The van der Waals surface area contributed by atoms with Gasteiger partial charge in [0.25, 0.3) is 5.91 Å². The van der Waals surface area contributed by atoms with Crippen molar-refractivity contribution in [2.45, 2.75) is 39.8 Å². The highest BCUT2D eigenvalue weighted by Gasteiger charge is 2.10. The van der Waals surface area contributed by atoms with Gasteiger partial charge in [0.15, 0.2) is 12.4 Å². The fraction of sp³-hybridized carbons (Fsp3) is 0.273. The first-order chi connectivity index (χ1) is 13.0. The van der Waals surface area contributed by atoms with E-state index in [4.69, 9.17) is 4.74 Å². The predicted octanol–water partition coefficient (Wildman–Crippen LogP) is 4.86. The van der Waals surface area contributed by atoms with Crippen LogP contribution in [-0.4, -0.2) is 15.7 Å². The van der Waals surface area contributed by atoms with E-state index >= 15 is 0 Å². The van der Waals surface area contributed by atoms with Crippen LogP contribution in [0.3, 0.4) is 0 Å². The summed E-state index contributed by atoms with van der Waals surface area (Å²) in [5.41, 5.74) is 3.62. The molecule has 0 saturated heterocycles. The molecule has 0 radical (unpaired) electrons. The average molecular weight is 363 g/mol. The Kier molecular flexibility index (Phi) is 5.91. The summed E-state index contributed by atoms with van der Waals surface area (Å²) < 4.78 is 7.34. The van der Waals surface area contributed by atoms with Crippen molar-refractivity contribution in [1.82, 2.24) is 9.78 Å². The van der Waals surface area contributed by atoms with Gasteiger partial charge in [0.2, 0.25) is 0 Å². The number of benzene rings is 2. The molecule has 3 aromatic rings. The smallest absolute Gasteiger partial charge is 0.276 e. The van der Waals surface area contributed by atoms with Crippen LogP contribution in [0.4, 0.5) is 5.69 Å². The zero-order chi connectivity index (χ0) is 19.2. The minimum Gasteiger partial charge on any atom is -0.471 e. The molecule has 5 heteroatoms. The largest absolute Gasteiger partial charge is 0.471 e. The lowest BCUT2D eigenvalue weighted by molar-refractivity contribution is 0.102. The number of rotatable bonds is 7. The molecule has 0 fully saturated rings. The topological polar surface area (TPSA) is 56.2 Å². The van der Waals surface area contributed by atoms with E-state index in [0.29, 0.717) is 11.6 Å². The molecular formula is C22H25N3O2. The van der Waals surface area contributed by atoms with Crippen LogP contribution in [0.5, 0.6) is 5.75 Å². The summed E-state index contributed by atoms with van der Waals surface area (Å²) in [6, 6.07) is 17.5. The highest BCUT2D eigenvalue weighted by atomic mass is 16.5.